The highest BCUT2D eigenvalue weighted by Crippen LogP contribution is 2.34. The van der Waals surface area contributed by atoms with Gasteiger partial charge in [0.15, 0.2) is 11.5 Å². The van der Waals surface area contributed by atoms with Gasteiger partial charge in [-0.25, -0.2) is 0 Å². The van der Waals surface area contributed by atoms with Crippen LogP contribution in [-0.2, 0) is 6.54 Å². The standard InChI is InChI=1S/C23H19Cl2NO3/c1-15(17-5-3-2-4-6-17)26(23(27)18-8-9-19(24)20(25)12-18)13-16-7-10-21-22(11-16)29-14-28-21/h2-12,15H,13-14H2,1H3. The van der Waals surface area contributed by atoms with Gasteiger partial charge in [0, 0.05) is 12.1 Å². The van der Waals surface area contributed by atoms with Crippen molar-refractivity contribution in [3.8, 4) is 11.5 Å². The molecule has 0 spiro atoms. The molecule has 4 nitrogen and oxygen atoms in total. The Labute approximate surface area is 179 Å². The summed E-state index contributed by atoms with van der Waals surface area (Å²) in [5.74, 6) is 1.28. The van der Waals surface area contributed by atoms with Crippen molar-refractivity contribution in [1.82, 2.24) is 4.90 Å². The molecule has 1 unspecified atom stereocenters. The van der Waals surface area contributed by atoms with Gasteiger partial charge in [0.2, 0.25) is 6.79 Å². The molecule has 0 radical (unpaired) electrons. The molecule has 1 atom stereocenters. The first-order chi connectivity index (χ1) is 14.0. The zero-order valence-electron chi connectivity index (χ0n) is 15.8. The van der Waals surface area contributed by atoms with Crippen molar-refractivity contribution in [2.75, 3.05) is 6.79 Å². The van der Waals surface area contributed by atoms with E-state index in [9.17, 15) is 4.79 Å². The van der Waals surface area contributed by atoms with Crippen LogP contribution < -0.4 is 9.47 Å². The van der Waals surface area contributed by atoms with E-state index in [1.54, 1.807) is 18.2 Å². The molecule has 1 heterocycles. The molecule has 148 valence electrons. The third-order valence-corrected chi connectivity index (χ3v) is 5.71. The minimum Gasteiger partial charge on any atom is -0.454 e. The largest absolute Gasteiger partial charge is 0.454 e. The SMILES string of the molecule is CC(c1ccccc1)N(Cc1ccc2c(c1)OCO2)C(=O)c1ccc(Cl)c(Cl)c1. The Kier molecular flexibility index (Phi) is 5.65. The number of nitrogens with zero attached hydrogens (tertiary/aromatic N) is 1. The fraction of sp³-hybridized carbons (Fsp3) is 0.174. The summed E-state index contributed by atoms with van der Waals surface area (Å²) < 4.78 is 10.9. The Bertz CT molecular complexity index is 1040. The Balaban J connectivity index is 1.68. The number of carbonyl (C=O) groups excluding carboxylic acids is 1. The summed E-state index contributed by atoms with van der Waals surface area (Å²) in [5.41, 5.74) is 2.48. The quantitative estimate of drug-likeness (QED) is 0.491. The molecule has 0 fully saturated rings. The van der Waals surface area contributed by atoms with Gasteiger partial charge in [-0.1, -0.05) is 59.6 Å². The van der Waals surface area contributed by atoms with E-state index in [-0.39, 0.29) is 18.7 Å². The van der Waals surface area contributed by atoms with Gasteiger partial charge >= 0.3 is 0 Å². The Morgan fingerprint density at radius 2 is 1.72 bits per heavy atom. The van der Waals surface area contributed by atoms with E-state index >= 15 is 0 Å². The van der Waals surface area contributed by atoms with Gasteiger partial charge in [0.05, 0.1) is 16.1 Å². The predicted molar refractivity (Wildman–Crippen MR) is 114 cm³/mol. The van der Waals surface area contributed by atoms with Crippen molar-refractivity contribution >= 4 is 29.1 Å². The maximum atomic E-state index is 13.4. The van der Waals surface area contributed by atoms with Crippen LogP contribution in [0.15, 0.2) is 66.7 Å². The fourth-order valence-corrected chi connectivity index (χ4v) is 3.63. The highest BCUT2D eigenvalue weighted by molar-refractivity contribution is 6.42. The minimum absolute atomic E-state index is 0.127. The number of hydrogen-bond acceptors (Lipinski definition) is 3. The number of carbonyl (C=O) groups is 1. The van der Waals surface area contributed by atoms with Gasteiger partial charge in [0.1, 0.15) is 0 Å². The lowest BCUT2D eigenvalue weighted by atomic mass is 10.0. The van der Waals surface area contributed by atoms with Crippen molar-refractivity contribution in [3.05, 3.63) is 93.5 Å². The van der Waals surface area contributed by atoms with E-state index in [4.69, 9.17) is 32.7 Å². The average Bonchev–Trinajstić information content (AvgIpc) is 3.21. The average molecular weight is 428 g/mol. The first kappa shape index (κ1) is 19.6. The molecule has 29 heavy (non-hydrogen) atoms. The highest BCUT2D eigenvalue weighted by Gasteiger charge is 2.24. The summed E-state index contributed by atoms with van der Waals surface area (Å²) >= 11 is 12.2. The molecule has 0 aromatic heterocycles. The number of ether oxygens (including phenoxy) is 2. The molecule has 0 N–H and O–H groups in total. The zero-order valence-corrected chi connectivity index (χ0v) is 17.3. The summed E-state index contributed by atoms with van der Waals surface area (Å²) in [6, 6.07) is 20.4. The van der Waals surface area contributed by atoms with Gasteiger partial charge in [-0.15, -0.1) is 0 Å². The molecule has 3 aromatic rings. The lowest BCUT2D eigenvalue weighted by molar-refractivity contribution is 0.0674. The van der Waals surface area contributed by atoms with Crippen LogP contribution in [-0.4, -0.2) is 17.6 Å². The molecule has 0 aliphatic carbocycles. The first-order valence-corrected chi connectivity index (χ1v) is 9.98. The van der Waals surface area contributed by atoms with Crippen LogP contribution in [0, 0.1) is 0 Å². The van der Waals surface area contributed by atoms with E-state index in [0.717, 1.165) is 11.1 Å². The number of hydrogen-bond donors (Lipinski definition) is 0. The molecular weight excluding hydrogens is 409 g/mol. The van der Waals surface area contributed by atoms with Gasteiger partial charge in [-0.3, -0.25) is 4.79 Å². The summed E-state index contributed by atoms with van der Waals surface area (Å²) in [6.07, 6.45) is 0. The summed E-state index contributed by atoms with van der Waals surface area (Å²) in [4.78, 5) is 15.2. The second-order valence-electron chi connectivity index (χ2n) is 6.84. The Morgan fingerprint density at radius 1 is 0.966 bits per heavy atom. The molecule has 1 amide bonds. The van der Waals surface area contributed by atoms with Crippen LogP contribution in [0.1, 0.15) is 34.5 Å². The van der Waals surface area contributed by atoms with Crippen molar-refractivity contribution < 1.29 is 14.3 Å². The van der Waals surface area contributed by atoms with Gasteiger partial charge in [0.25, 0.3) is 5.91 Å². The van der Waals surface area contributed by atoms with Crippen LogP contribution in [0.5, 0.6) is 11.5 Å². The number of amides is 1. The maximum absolute atomic E-state index is 13.4. The number of fused-ring (bicyclic) bond motifs is 1. The van der Waals surface area contributed by atoms with E-state index in [2.05, 4.69) is 0 Å². The van der Waals surface area contributed by atoms with Crippen molar-refractivity contribution in [2.45, 2.75) is 19.5 Å². The summed E-state index contributed by atoms with van der Waals surface area (Å²) in [5, 5.41) is 0.773. The van der Waals surface area contributed by atoms with Gasteiger partial charge < -0.3 is 14.4 Å². The second kappa shape index (κ2) is 8.36. The van der Waals surface area contributed by atoms with Gasteiger partial charge in [-0.05, 0) is 48.4 Å². The lowest BCUT2D eigenvalue weighted by Crippen LogP contribution is -2.33. The lowest BCUT2D eigenvalue weighted by Gasteiger charge is -2.30. The van der Waals surface area contributed by atoms with E-state index in [0.29, 0.717) is 33.7 Å². The van der Waals surface area contributed by atoms with Crippen molar-refractivity contribution in [2.24, 2.45) is 0 Å². The predicted octanol–water partition coefficient (Wildman–Crippen LogP) is 6.13. The Morgan fingerprint density at radius 3 is 2.48 bits per heavy atom. The van der Waals surface area contributed by atoms with E-state index in [1.807, 2.05) is 60.4 Å². The third-order valence-electron chi connectivity index (χ3n) is 4.97. The molecule has 0 saturated heterocycles. The maximum Gasteiger partial charge on any atom is 0.254 e. The Hall–Kier alpha value is -2.69. The second-order valence-corrected chi connectivity index (χ2v) is 7.65. The number of halogens is 2. The van der Waals surface area contributed by atoms with E-state index < -0.39 is 0 Å². The molecule has 3 aromatic carbocycles. The minimum atomic E-state index is -0.149. The highest BCUT2D eigenvalue weighted by atomic mass is 35.5. The van der Waals surface area contributed by atoms with E-state index in [1.165, 1.54) is 0 Å². The molecule has 0 saturated carbocycles. The number of benzene rings is 3. The van der Waals surface area contributed by atoms with Crippen LogP contribution >= 0.6 is 23.2 Å². The van der Waals surface area contributed by atoms with Crippen molar-refractivity contribution in [1.29, 1.82) is 0 Å². The molecule has 0 bridgehead atoms. The monoisotopic (exact) mass is 427 g/mol. The van der Waals surface area contributed by atoms with Gasteiger partial charge in [-0.2, -0.15) is 0 Å². The molecule has 1 aliphatic heterocycles. The van der Waals surface area contributed by atoms with Crippen LogP contribution in [0.25, 0.3) is 0 Å². The summed E-state index contributed by atoms with van der Waals surface area (Å²) in [6.45, 7) is 2.63. The van der Waals surface area contributed by atoms with Crippen LogP contribution in [0.2, 0.25) is 10.0 Å². The molecule has 6 heteroatoms. The molecular formula is C23H19Cl2NO3. The van der Waals surface area contributed by atoms with Crippen molar-refractivity contribution in [3.63, 3.8) is 0 Å². The van der Waals surface area contributed by atoms with Crippen LogP contribution in [0.4, 0.5) is 0 Å². The first-order valence-electron chi connectivity index (χ1n) is 9.22. The third kappa shape index (κ3) is 4.19. The summed E-state index contributed by atoms with van der Waals surface area (Å²) in [7, 11) is 0. The molecule has 4 rings (SSSR count). The topological polar surface area (TPSA) is 38.8 Å². The molecule has 1 aliphatic rings. The smallest absolute Gasteiger partial charge is 0.254 e. The zero-order chi connectivity index (χ0) is 20.4. The fourth-order valence-electron chi connectivity index (χ4n) is 3.33. The number of rotatable bonds is 5. The normalized spacial score (nSPS) is 13.2. The van der Waals surface area contributed by atoms with Crippen LogP contribution in [0.3, 0.4) is 0 Å².